The number of anilines is 3. The highest BCUT2D eigenvalue weighted by atomic mass is 16.5. The normalized spacial score (nSPS) is 18.9. The van der Waals surface area contributed by atoms with Crippen LogP contribution in [0.3, 0.4) is 0 Å². The molecule has 8 rings (SSSR count). The second-order valence-electron chi connectivity index (χ2n) is 9.95. The number of nitrogens with one attached hydrogen (secondary N) is 1. The molecule has 0 amide bonds. The molecule has 1 saturated carbocycles. The van der Waals surface area contributed by atoms with Crippen molar-refractivity contribution in [1.82, 2.24) is 29.5 Å². The highest BCUT2D eigenvalue weighted by Gasteiger charge is 2.38. The molecule has 9 nitrogen and oxygen atoms in total. The molecular weight excluding hydrogens is 452 g/mol. The van der Waals surface area contributed by atoms with Gasteiger partial charge in [-0.1, -0.05) is 0 Å². The molecule has 9 heteroatoms. The first-order valence-electron chi connectivity index (χ1n) is 12.3. The number of rotatable bonds is 5. The number of aromatic nitrogens is 6. The molecule has 0 unspecified atom stereocenters. The number of aryl methyl sites for hydroxylation is 2. The molecule has 0 radical (unpaired) electrons. The highest BCUT2D eigenvalue weighted by Crippen LogP contribution is 2.40. The number of piperidine rings is 2. The van der Waals surface area contributed by atoms with Gasteiger partial charge < -0.3 is 19.5 Å². The van der Waals surface area contributed by atoms with E-state index >= 15 is 0 Å². The minimum Gasteiger partial charge on any atom is -0.457 e. The first-order chi connectivity index (χ1) is 17.6. The fourth-order valence-corrected chi connectivity index (χ4v) is 5.41. The monoisotopic (exact) mass is 478 g/mol. The van der Waals surface area contributed by atoms with Crippen LogP contribution < -0.4 is 15.0 Å². The Labute approximate surface area is 208 Å². The maximum Gasteiger partial charge on any atom is 0.226 e. The highest BCUT2D eigenvalue weighted by molar-refractivity contribution is 5.87. The van der Waals surface area contributed by atoms with Gasteiger partial charge in [-0.15, -0.1) is 0 Å². The Balaban J connectivity index is 1.14. The van der Waals surface area contributed by atoms with Gasteiger partial charge in [0.25, 0.3) is 0 Å². The molecule has 0 atom stereocenters. The third-order valence-corrected chi connectivity index (χ3v) is 7.30. The summed E-state index contributed by atoms with van der Waals surface area (Å²) in [6.45, 7) is 4.10. The summed E-state index contributed by atoms with van der Waals surface area (Å²) in [5.74, 6) is 4.53. The molecule has 2 saturated heterocycles. The zero-order valence-electron chi connectivity index (χ0n) is 20.2. The number of ether oxygens (including phenoxy) is 1. The van der Waals surface area contributed by atoms with E-state index in [9.17, 15) is 0 Å². The van der Waals surface area contributed by atoms with Gasteiger partial charge in [0.1, 0.15) is 28.9 Å². The smallest absolute Gasteiger partial charge is 0.226 e. The summed E-state index contributed by atoms with van der Waals surface area (Å²) in [6.07, 6.45) is 7.83. The van der Waals surface area contributed by atoms with E-state index in [-0.39, 0.29) is 0 Å². The van der Waals surface area contributed by atoms with Crippen LogP contribution in [0.15, 0.2) is 55.2 Å². The van der Waals surface area contributed by atoms with Crippen LogP contribution in [-0.2, 0) is 7.05 Å². The molecule has 0 spiro atoms. The Hall–Kier alpha value is -4.27. The summed E-state index contributed by atoms with van der Waals surface area (Å²) in [5, 5.41) is 3.43. The lowest BCUT2D eigenvalue weighted by Gasteiger charge is -2.47. The van der Waals surface area contributed by atoms with Crippen molar-refractivity contribution in [3.63, 3.8) is 0 Å². The molecule has 5 heterocycles. The van der Waals surface area contributed by atoms with Crippen molar-refractivity contribution >= 4 is 39.5 Å². The molecule has 180 valence electrons. The maximum atomic E-state index is 6.17. The number of benzene rings is 2. The van der Waals surface area contributed by atoms with E-state index < -0.39 is 0 Å². The summed E-state index contributed by atoms with van der Waals surface area (Å²) >= 11 is 0. The lowest BCUT2D eigenvalue weighted by molar-refractivity contribution is 0.157. The number of hydrogen-bond acceptors (Lipinski definition) is 8. The largest absolute Gasteiger partial charge is 0.457 e. The first-order valence-corrected chi connectivity index (χ1v) is 12.3. The van der Waals surface area contributed by atoms with Crippen molar-refractivity contribution in [1.29, 1.82) is 0 Å². The van der Waals surface area contributed by atoms with Crippen LogP contribution in [0.5, 0.6) is 11.5 Å². The van der Waals surface area contributed by atoms with E-state index in [0.717, 1.165) is 75.7 Å². The van der Waals surface area contributed by atoms with Gasteiger partial charge in [-0.3, -0.25) is 0 Å². The van der Waals surface area contributed by atoms with Crippen LogP contribution in [0.1, 0.15) is 18.4 Å². The van der Waals surface area contributed by atoms with Crippen molar-refractivity contribution in [2.75, 3.05) is 23.3 Å². The second-order valence-corrected chi connectivity index (χ2v) is 9.95. The van der Waals surface area contributed by atoms with Crippen molar-refractivity contribution in [2.24, 2.45) is 18.9 Å². The predicted molar refractivity (Wildman–Crippen MR) is 139 cm³/mol. The molecule has 2 bridgehead atoms. The molecule has 1 aliphatic carbocycles. The summed E-state index contributed by atoms with van der Waals surface area (Å²) < 4.78 is 8.16. The van der Waals surface area contributed by atoms with Crippen molar-refractivity contribution in [3.05, 3.63) is 60.8 Å². The van der Waals surface area contributed by atoms with E-state index in [1.807, 2.05) is 54.9 Å². The van der Waals surface area contributed by atoms with Gasteiger partial charge in [0.05, 0.1) is 23.6 Å². The van der Waals surface area contributed by atoms with Gasteiger partial charge in [0.15, 0.2) is 5.82 Å². The zero-order chi connectivity index (χ0) is 24.2. The lowest BCUT2D eigenvalue weighted by atomic mass is 9.71. The third kappa shape index (κ3) is 3.67. The van der Waals surface area contributed by atoms with Crippen LogP contribution in [-0.4, -0.2) is 42.6 Å². The van der Waals surface area contributed by atoms with Crippen LogP contribution in [0, 0.1) is 18.8 Å². The summed E-state index contributed by atoms with van der Waals surface area (Å²) in [5.41, 5.74) is 5.33. The Morgan fingerprint density at radius 3 is 2.64 bits per heavy atom. The predicted octanol–water partition coefficient (Wildman–Crippen LogP) is 5.00. The van der Waals surface area contributed by atoms with E-state index in [1.165, 1.54) is 12.8 Å². The Kier molecular flexibility index (Phi) is 4.77. The number of imidazole rings is 1. The SMILES string of the molecule is Cc1cc(Nc2ncnc3cnc(N4CC5CC(C5)C4)nc23)ccc1Oc1ccc2c(c1)ncn2C. The van der Waals surface area contributed by atoms with E-state index in [2.05, 4.69) is 30.2 Å². The van der Waals surface area contributed by atoms with Crippen LogP contribution >= 0.6 is 0 Å². The molecule has 3 aromatic heterocycles. The number of fused-ring (bicyclic) bond motifs is 4. The van der Waals surface area contributed by atoms with E-state index in [4.69, 9.17) is 9.72 Å². The fourth-order valence-electron chi connectivity index (χ4n) is 5.41. The Morgan fingerprint density at radius 2 is 1.81 bits per heavy atom. The van der Waals surface area contributed by atoms with Crippen molar-refractivity contribution in [3.8, 4) is 11.5 Å². The van der Waals surface area contributed by atoms with E-state index in [0.29, 0.717) is 5.82 Å². The molecule has 36 heavy (non-hydrogen) atoms. The van der Waals surface area contributed by atoms with Gasteiger partial charge in [-0.05, 0) is 67.5 Å². The van der Waals surface area contributed by atoms with Crippen LogP contribution in [0.4, 0.5) is 17.5 Å². The van der Waals surface area contributed by atoms with Crippen LogP contribution in [0.25, 0.3) is 22.1 Å². The summed E-state index contributed by atoms with van der Waals surface area (Å²) in [4.78, 5) is 25.0. The molecule has 5 aromatic rings. The lowest BCUT2D eigenvalue weighted by Crippen LogP contribution is -2.49. The summed E-state index contributed by atoms with van der Waals surface area (Å²) in [6, 6.07) is 11.9. The minimum atomic E-state index is 0.666. The molecule has 2 aliphatic heterocycles. The third-order valence-electron chi connectivity index (χ3n) is 7.30. The quantitative estimate of drug-likeness (QED) is 0.377. The van der Waals surface area contributed by atoms with Gasteiger partial charge in [0, 0.05) is 31.9 Å². The Bertz CT molecular complexity index is 1600. The average Bonchev–Trinajstić information content (AvgIpc) is 3.25. The minimum absolute atomic E-state index is 0.666. The van der Waals surface area contributed by atoms with Crippen LogP contribution in [0.2, 0.25) is 0 Å². The maximum absolute atomic E-state index is 6.17. The summed E-state index contributed by atoms with van der Waals surface area (Å²) in [7, 11) is 1.98. The molecule has 3 fully saturated rings. The molecular formula is C27H26N8O. The molecule has 1 N–H and O–H groups in total. The van der Waals surface area contributed by atoms with Gasteiger partial charge in [-0.25, -0.2) is 24.9 Å². The topological polar surface area (TPSA) is 93.9 Å². The Morgan fingerprint density at radius 1 is 0.944 bits per heavy atom. The van der Waals surface area contributed by atoms with Crippen molar-refractivity contribution in [2.45, 2.75) is 19.8 Å². The zero-order valence-corrected chi connectivity index (χ0v) is 20.2. The average molecular weight is 479 g/mol. The van der Waals surface area contributed by atoms with Gasteiger partial charge >= 0.3 is 0 Å². The number of nitrogens with zero attached hydrogens (tertiary/aromatic N) is 7. The van der Waals surface area contributed by atoms with E-state index in [1.54, 1.807) is 18.9 Å². The molecule has 2 aromatic carbocycles. The van der Waals surface area contributed by atoms with Gasteiger partial charge in [0.2, 0.25) is 5.95 Å². The van der Waals surface area contributed by atoms with Crippen molar-refractivity contribution < 1.29 is 4.74 Å². The standard InChI is InChI=1S/C27H26N8O/c1-16-7-19(3-6-24(16)36-20-4-5-23-21(10-20)31-15-34(23)2)32-26-25-22(29-14-30-26)11-28-27(33-25)35-12-17-8-18(9-17)13-35/h3-7,10-11,14-15,17-18H,8-9,12-13H2,1-2H3,(H,29,30,32). The number of hydrogen-bond donors (Lipinski definition) is 1. The fraction of sp³-hybridized carbons (Fsp3) is 0.296. The van der Waals surface area contributed by atoms with Gasteiger partial charge in [-0.2, -0.15) is 0 Å². The molecule has 3 aliphatic rings. The second kappa shape index (κ2) is 8.15. The first kappa shape index (κ1) is 21.0.